The van der Waals surface area contributed by atoms with E-state index in [0.29, 0.717) is 0 Å². The fourth-order valence-corrected chi connectivity index (χ4v) is 2.99. The average Bonchev–Trinajstić information content (AvgIpc) is 2.71. The molecule has 1 aromatic carbocycles. The number of hydrogen-bond donors (Lipinski definition) is 1. The zero-order valence-corrected chi connectivity index (χ0v) is 13.2. The molecule has 0 aliphatic carbocycles. The normalized spacial score (nSPS) is 10.5. The predicted octanol–water partition coefficient (Wildman–Crippen LogP) is 5.41. The molecule has 2 rings (SSSR count). The van der Waals surface area contributed by atoms with Gasteiger partial charge in [0.25, 0.3) is 0 Å². The van der Waals surface area contributed by atoms with Gasteiger partial charge in [-0.25, -0.2) is 0 Å². The molecule has 1 aromatic heterocycles. The molecule has 1 heterocycles. The van der Waals surface area contributed by atoms with Gasteiger partial charge in [0.1, 0.15) is 12.0 Å². The maximum Gasteiger partial charge on any atom is 0.115 e. The predicted molar refractivity (Wildman–Crippen MR) is 81.1 cm³/mol. The third-order valence-corrected chi connectivity index (χ3v) is 3.87. The van der Waals surface area contributed by atoms with Gasteiger partial charge in [-0.2, -0.15) is 11.8 Å². The molecular formula is C12H11Br2NOS. The summed E-state index contributed by atoms with van der Waals surface area (Å²) in [5, 5.41) is 3.31. The Morgan fingerprint density at radius 2 is 2.12 bits per heavy atom. The van der Waals surface area contributed by atoms with Gasteiger partial charge in [0.05, 0.1) is 17.1 Å². The van der Waals surface area contributed by atoms with Crippen LogP contribution < -0.4 is 5.32 Å². The zero-order chi connectivity index (χ0) is 12.3. The SMILES string of the molecule is CSCc1cc(Nc2ccc(Br)cc2Br)co1. The maximum atomic E-state index is 5.43. The van der Waals surface area contributed by atoms with Crippen molar-refractivity contribution < 1.29 is 4.42 Å². The van der Waals surface area contributed by atoms with Crippen LogP contribution in [0.1, 0.15) is 5.76 Å². The number of thioether (sulfide) groups is 1. The van der Waals surface area contributed by atoms with E-state index in [4.69, 9.17) is 4.42 Å². The van der Waals surface area contributed by atoms with Crippen molar-refractivity contribution in [2.75, 3.05) is 11.6 Å². The van der Waals surface area contributed by atoms with Gasteiger partial charge in [0.2, 0.25) is 0 Å². The zero-order valence-electron chi connectivity index (χ0n) is 9.17. The molecule has 0 amide bonds. The molecule has 90 valence electrons. The standard InChI is InChI=1S/C12H11Br2NOS/c1-17-7-10-5-9(6-16-10)15-12-3-2-8(13)4-11(12)14/h2-6,15H,7H2,1H3. The quantitative estimate of drug-likeness (QED) is 0.771. The number of rotatable bonds is 4. The van der Waals surface area contributed by atoms with Gasteiger partial charge in [0, 0.05) is 15.0 Å². The lowest BCUT2D eigenvalue weighted by Gasteiger charge is -2.05. The summed E-state index contributed by atoms with van der Waals surface area (Å²) in [5.74, 6) is 1.87. The van der Waals surface area contributed by atoms with E-state index in [0.717, 1.165) is 31.8 Å². The number of hydrogen-bond acceptors (Lipinski definition) is 3. The average molecular weight is 377 g/mol. The van der Waals surface area contributed by atoms with Crippen LogP contribution in [-0.4, -0.2) is 6.26 Å². The van der Waals surface area contributed by atoms with Crippen LogP contribution in [0.25, 0.3) is 0 Å². The van der Waals surface area contributed by atoms with Crippen LogP contribution in [0.3, 0.4) is 0 Å². The Bertz CT molecular complexity index is 513. The summed E-state index contributed by atoms with van der Waals surface area (Å²) in [6.07, 6.45) is 3.79. The molecular weight excluding hydrogens is 366 g/mol. The topological polar surface area (TPSA) is 25.2 Å². The van der Waals surface area contributed by atoms with Gasteiger partial charge in [0.15, 0.2) is 0 Å². The van der Waals surface area contributed by atoms with Crippen molar-refractivity contribution in [1.29, 1.82) is 0 Å². The number of nitrogens with one attached hydrogen (secondary N) is 1. The Morgan fingerprint density at radius 3 is 2.82 bits per heavy atom. The molecule has 0 saturated heterocycles. The van der Waals surface area contributed by atoms with Gasteiger partial charge in [-0.3, -0.25) is 0 Å². The Hall–Kier alpha value is -0.390. The highest BCUT2D eigenvalue weighted by Gasteiger charge is 2.04. The van der Waals surface area contributed by atoms with Crippen molar-refractivity contribution in [3.05, 3.63) is 45.2 Å². The van der Waals surface area contributed by atoms with Crippen LogP contribution in [0.4, 0.5) is 11.4 Å². The van der Waals surface area contributed by atoms with Gasteiger partial charge >= 0.3 is 0 Å². The molecule has 0 spiro atoms. The van der Waals surface area contributed by atoms with Crippen LogP contribution in [0.5, 0.6) is 0 Å². The number of benzene rings is 1. The van der Waals surface area contributed by atoms with E-state index in [1.807, 2.05) is 24.3 Å². The van der Waals surface area contributed by atoms with Crippen LogP contribution in [0.15, 0.2) is 43.9 Å². The van der Waals surface area contributed by atoms with Gasteiger partial charge in [-0.1, -0.05) is 15.9 Å². The van der Waals surface area contributed by atoms with Gasteiger partial charge < -0.3 is 9.73 Å². The minimum Gasteiger partial charge on any atom is -0.466 e. The molecule has 1 N–H and O–H groups in total. The summed E-state index contributed by atoms with van der Waals surface area (Å²) in [5.41, 5.74) is 1.99. The van der Waals surface area contributed by atoms with E-state index < -0.39 is 0 Å². The monoisotopic (exact) mass is 375 g/mol. The summed E-state index contributed by atoms with van der Waals surface area (Å²) in [6, 6.07) is 8.03. The lowest BCUT2D eigenvalue weighted by atomic mass is 10.3. The molecule has 5 heteroatoms. The first-order valence-electron chi connectivity index (χ1n) is 4.97. The summed E-state index contributed by atoms with van der Waals surface area (Å²) in [4.78, 5) is 0. The highest BCUT2D eigenvalue weighted by Crippen LogP contribution is 2.29. The summed E-state index contributed by atoms with van der Waals surface area (Å²) in [6.45, 7) is 0. The molecule has 2 aromatic rings. The number of anilines is 2. The molecule has 0 unspecified atom stereocenters. The molecule has 0 bridgehead atoms. The highest BCUT2D eigenvalue weighted by atomic mass is 79.9. The van der Waals surface area contributed by atoms with Crippen molar-refractivity contribution >= 4 is 55.0 Å². The first-order valence-corrected chi connectivity index (χ1v) is 7.95. The summed E-state index contributed by atoms with van der Waals surface area (Å²) >= 11 is 8.68. The largest absolute Gasteiger partial charge is 0.466 e. The van der Waals surface area contributed by atoms with E-state index in [-0.39, 0.29) is 0 Å². The van der Waals surface area contributed by atoms with Crippen LogP contribution in [-0.2, 0) is 5.75 Å². The lowest BCUT2D eigenvalue weighted by Crippen LogP contribution is -1.89. The van der Waals surface area contributed by atoms with E-state index in [1.54, 1.807) is 18.0 Å². The molecule has 0 saturated carbocycles. The van der Waals surface area contributed by atoms with E-state index >= 15 is 0 Å². The minimum absolute atomic E-state index is 0.892. The van der Waals surface area contributed by atoms with Crippen molar-refractivity contribution in [3.63, 3.8) is 0 Å². The van der Waals surface area contributed by atoms with E-state index in [2.05, 4.69) is 43.4 Å². The van der Waals surface area contributed by atoms with Gasteiger partial charge in [-0.15, -0.1) is 0 Å². The fraction of sp³-hybridized carbons (Fsp3) is 0.167. The number of furan rings is 1. The molecule has 0 aliphatic heterocycles. The lowest BCUT2D eigenvalue weighted by molar-refractivity contribution is 0.531. The fourth-order valence-electron chi connectivity index (χ4n) is 1.41. The summed E-state index contributed by atoms with van der Waals surface area (Å²) in [7, 11) is 0. The molecule has 0 atom stereocenters. The minimum atomic E-state index is 0.892. The number of halogens is 2. The first-order chi connectivity index (χ1) is 8.19. The Labute approximate surface area is 121 Å². The second-order valence-electron chi connectivity index (χ2n) is 3.48. The maximum absolute atomic E-state index is 5.43. The molecule has 0 fully saturated rings. The van der Waals surface area contributed by atoms with Crippen molar-refractivity contribution in [1.82, 2.24) is 0 Å². The first kappa shape index (κ1) is 13.1. The Kier molecular flexibility index (Phi) is 4.59. The molecule has 17 heavy (non-hydrogen) atoms. The molecule has 0 aliphatic rings. The highest BCUT2D eigenvalue weighted by molar-refractivity contribution is 9.11. The molecule has 0 radical (unpaired) electrons. The van der Waals surface area contributed by atoms with Crippen LogP contribution in [0.2, 0.25) is 0 Å². The van der Waals surface area contributed by atoms with Crippen LogP contribution >= 0.6 is 43.6 Å². The summed E-state index contributed by atoms with van der Waals surface area (Å²) < 4.78 is 7.49. The van der Waals surface area contributed by atoms with E-state index in [1.165, 1.54) is 0 Å². The Balaban J connectivity index is 2.13. The second-order valence-corrected chi connectivity index (χ2v) is 6.12. The van der Waals surface area contributed by atoms with Crippen molar-refractivity contribution in [2.24, 2.45) is 0 Å². The Morgan fingerprint density at radius 1 is 1.29 bits per heavy atom. The second kappa shape index (κ2) is 5.98. The van der Waals surface area contributed by atoms with Crippen molar-refractivity contribution in [3.8, 4) is 0 Å². The van der Waals surface area contributed by atoms with Gasteiger partial charge in [-0.05, 0) is 40.4 Å². The van der Waals surface area contributed by atoms with Crippen LogP contribution in [0, 0.1) is 0 Å². The molecule has 2 nitrogen and oxygen atoms in total. The third kappa shape index (κ3) is 3.53. The van der Waals surface area contributed by atoms with Crippen molar-refractivity contribution in [2.45, 2.75) is 5.75 Å². The van der Waals surface area contributed by atoms with E-state index in [9.17, 15) is 0 Å². The third-order valence-electron chi connectivity index (χ3n) is 2.15. The smallest absolute Gasteiger partial charge is 0.115 e.